The minimum absolute atomic E-state index is 0.00933. The van der Waals surface area contributed by atoms with E-state index in [9.17, 15) is 9.59 Å². The van der Waals surface area contributed by atoms with Gasteiger partial charge >= 0.3 is 5.97 Å². The molecular formula is C15H15ClN2O4. The number of carbonyl (C=O) groups excluding carboxylic acids is 1. The first-order valence-corrected chi connectivity index (χ1v) is 7.01. The van der Waals surface area contributed by atoms with Crippen molar-refractivity contribution >= 4 is 23.5 Å². The molecule has 2 rings (SSSR count). The smallest absolute Gasteiger partial charge is 0.323 e. The first-order chi connectivity index (χ1) is 10.4. The zero-order valence-corrected chi connectivity index (χ0v) is 12.9. The van der Waals surface area contributed by atoms with Crippen LogP contribution in [-0.4, -0.2) is 39.6 Å². The second-order valence-corrected chi connectivity index (χ2v) is 5.44. The Morgan fingerprint density at radius 2 is 2.09 bits per heavy atom. The van der Waals surface area contributed by atoms with Crippen molar-refractivity contribution in [2.45, 2.75) is 19.9 Å². The van der Waals surface area contributed by atoms with E-state index in [-0.39, 0.29) is 11.8 Å². The fraction of sp³-hybridized carbons (Fsp3) is 0.267. The van der Waals surface area contributed by atoms with Gasteiger partial charge in [-0.3, -0.25) is 9.59 Å². The average molecular weight is 323 g/mol. The quantitative estimate of drug-likeness (QED) is 0.915. The third-order valence-electron chi connectivity index (χ3n) is 3.03. The molecule has 0 spiro atoms. The van der Waals surface area contributed by atoms with Crippen LogP contribution in [0.2, 0.25) is 5.02 Å². The normalized spacial score (nSPS) is 10.7. The second kappa shape index (κ2) is 6.62. The maximum Gasteiger partial charge on any atom is 0.323 e. The van der Waals surface area contributed by atoms with Crippen LogP contribution in [0.3, 0.4) is 0 Å². The molecule has 0 aliphatic rings. The molecule has 1 heterocycles. The highest BCUT2D eigenvalue weighted by atomic mass is 35.5. The summed E-state index contributed by atoms with van der Waals surface area (Å²) < 4.78 is 5.06. The molecule has 0 unspecified atom stereocenters. The number of rotatable bonds is 5. The zero-order chi connectivity index (χ0) is 16.3. The number of aliphatic carboxylic acids is 1. The molecule has 0 bridgehead atoms. The fourth-order valence-electron chi connectivity index (χ4n) is 1.94. The van der Waals surface area contributed by atoms with Crippen LogP contribution in [0.1, 0.15) is 24.4 Å². The van der Waals surface area contributed by atoms with Crippen molar-refractivity contribution in [3.63, 3.8) is 0 Å². The molecule has 0 saturated heterocycles. The summed E-state index contributed by atoms with van der Waals surface area (Å²) in [4.78, 5) is 24.4. The monoisotopic (exact) mass is 322 g/mol. The van der Waals surface area contributed by atoms with Crippen molar-refractivity contribution in [3.05, 3.63) is 41.1 Å². The summed E-state index contributed by atoms with van der Waals surface area (Å²) in [6.07, 6.45) is 0. The molecule has 0 radical (unpaired) electrons. The molecule has 1 aromatic heterocycles. The highest BCUT2D eigenvalue weighted by Gasteiger charge is 2.25. The molecule has 0 atom stereocenters. The lowest BCUT2D eigenvalue weighted by Crippen LogP contribution is -2.40. The molecule has 1 N–H and O–H groups in total. The van der Waals surface area contributed by atoms with E-state index < -0.39 is 18.4 Å². The van der Waals surface area contributed by atoms with Crippen LogP contribution in [0, 0.1) is 0 Å². The molecule has 7 heteroatoms. The first kappa shape index (κ1) is 16.0. The fourth-order valence-corrected chi connectivity index (χ4v) is 2.13. The molecule has 22 heavy (non-hydrogen) atoms. The van der Waals surface area contributed by atoms with Gasteiger partial charge in [0.2, 0.25) is 5.76 Å². The Balaban J connectivity index is 2.26. The van der Waals surface area contributed by atoms with Crippen molar-refractivity contribution in [2.75, 3.05) is 6.54 Å². The maximum atomic E-state index is 12.3. The molecular weight excluding hydrogens is 308 g/mol. The number of hydrogen-bond donors (Lipinski definition) is 1. The largest absolute Gasteiger partial charge is 0.480 e. The molecule has 0 aliphatic heterocycles. The predicted octanol–water partition coefficient (Wildman–Crippen LogP) is 2.93. The van der Waals surface area contributed by atoms with Gasteiger partial charge in [0.15, 0.2) is 0 Å². The van der Waals surface area contributed by atoms with Crippen LogP contribution in [0.25, 0.3) is 11.3 Å². The van der Waals surface area contributed by atoms with Gasteiger partial charge in [0.25, 0.3) is 5.91 Å². The molecule has 116 valence electrons. The van der Waals surface area contributed by atoms with Crippen molar-refractivity contribution in [2.24, 2.45) is 0 Å². The lowest BCUT2D eigenvalue weighted by Gasteiger charge is -2.23. The summed E-state index contributed by atoms with van der Waals surface area (Å²) in [5.41, 5.74) is 1.18. The maximum absolute atomic E-state index is 12.3. The van der Waals surface area contributed by atoms with E-state index in [1.807, 2.05) is 0 Å². The molecule has 0 aliphatic carbocycles. The van der Waals surface area contributed by atoms with Crippen molar-refractivity contribution in [1.82, 2.24) is 10.1 Å². The minimum atomic E-state index is -1.09. The number of amides is 1. The second-order valence-electron chi connectivity index (χ2n) is 5.01. The number of halogens is 1. The van der Waals surface area contributed by atoms with E-state index in [1.165, 1.54) is 11.0 Å². The summed E-state index contributed by atoms with van der Waals surface area (Å²) in [5.74, 6) is -1.61. The first-order valence-electron chi connectivity index (χ1n) is 6.64. The SMILES string of the molecule is CC(C)N(CC(=O)O)C(=O)c1cc(-c2cccc(Cl)c2)no1. The number of aromatic nitrogens is 1. The van der Waals surface area contributed by atoms with E-state index in [2.05, 4.69) is 5.16 Å². The van der Waals surface area contributed by atoms with Gasteiger partial charge in [-0.05, 0) is 26.0 Å². The number of carboxylic acids is 1. The lowest BCUT2D eigenvalue weighted by atomic mass is 10.1. The van der Waals surface area contributed by atoms with Crippen LogP contribution < -0.4 is 0 Å². The van der Waals surface area contributed by atoms with Gasteiger partial charge in [-0.25, -0.2) is 0 Å². The van der Waals surface area contributed by atoms with Gasteiger partial charge in [-0.1, -0.05) is 28.9 Å². The van der Waals surface area contributed by atoms with Crippen LogP contribution in [-0.2, 0) is 4.79 Å². The topological polar surface area (TPSA) is 83.6 Å². The Bertz CT molecular complexity index is 696. The van der Waals surface area contributed by atoms with E-state index in [0.29, 0.717) is 16.3 Å². The number of nitrogens with zero attached hydrogens (tertiary/aromatic N) is 2. The van der Waals surface area contributed by atoms with E-state index in [1.54, 1.807) is 38.1 Å². The summed E-state index contributed by atoms with van der Waals surface area (Å²) in [6, 6.07) is 8.18. The van der Waals surface area contributed by atoms with Gasteiger partial charge in [0.1, 0.15) is 12.2 Å². The highest BCUT2D eigenvalue weighted by Crippen LogP contribution is 2.23. The summed E-state index contributed by atoms with van der Waals surface area (Å²) in [5, 5.41) is 13.3. The predicted molar refractivity (Wildman–Crippen MR) is 80.8 cm³/mol. The number of carboxylic acid groups (broad SMARTS) is 1. The highest BCUT2D eigenvalue weighted by molar-refractivity contribution is 6.30. The lowest BCUT2D eigenvalue weighted by molar-refractivity contribution is -0.138. The Kier molecular flexibility index (Phi) is 4.82. The van der Waals surface area contributed by atoms with Crippen molar-refractivity contribution < 1.29 is 19.2 Å². The third-order valence-corrected chi connectivity index (χ3v) is 3.27. The Morgan fingerprint density at radius 1 is 1.36 bits per heavy atom. The molecule has 0 saturated carbocycles. The van der Waals surface area contributed by atoms with Gasteiger partial charge in [0.05, 0.1) is 0 Å². The number of benzene rings is 1. The zero-order valence-electron chi connectivity index (χ0n) is 12.1. The number of carbonyl (C=O) groups is 2. The summed E-state index contributed by atoms with van der Waals surface area (Å²) in [7, 11) is 0. The van der Waals surface area contributed by atoms with Gasteiger partial charge in [-0.15, -0.1) is 0 Å². The molecule has 0 fully saturated rings. The molecule has 6 nitrogen and oxygen atoms in total. The summed E-state index contributed by atoms with van der Waals surface area (Å²) in [6.45, 7) is 3.06. The molecule has 1 amide bonds. The Labute approximate surface area is 132 Å². The van der Waals surface area contributed by atoms with Crippen LogP contribution in [0.4, 0.5) is 0 Å². The average Bonchev–Trinajstić information content (AvgIpc) is 2.93. The third kappa shape index (κ3) is 3.65. The van der Waals surface area contributed by atoms with E-state index in [4.69, 9.17) is 21.2 Å². The standard InChI is InChI=1S/C15H15ClN2O4/c1-9(2)18(8-14(19)20)15(21)13-7-12(17-22-13)10-4-3-5-11(16)6-10/h3-7,9H,8H2,1-2H3,(H,19,20). The van der Waals surface area contributed by atoms with Gasteiger partial charge in [-0.2, -0.15) is 0 Å². The van der Waals surface area contributed by atoms with Crippen molar-refractivity contribution in [3.8, 4) is 11.3 Å². The Hall–Kier alpha value is -2.34. The van der Waals surface area contributed by atoms with E-state index >= 15 is 0 Å². The molecule has 2 aromatic rings. The number of hydrogen-bond acceptors (Lipinski definition) is 4. The van der Waals surface area contributed by atoms with Gasteiger partial charge in [0, 0.05) is 22.7 Å². The van der Waals surface area contributed by atoms with Crippen LogP contribution in [0.15, 0.2) is 34.9 Å². The molecule has 1 aromatic carbocycles. The van der Waals surface area contributed by atoms with Crippen LogP contribution in [0.5, 0.6) is 0 Å². The minimum Gasteiger partial charge on any atom is -0.480 e. The van der Waals surface area contributed by atoms with Crippen LogP contribution >= 0.6 is 11.6 Å². The van der Waals surface area contributed by atoms with E-state index in [0.717, 1.165) is 0 Å². The van der Waals surface area contributed by atoms with Crippen molar-refractivity contribution in [1.29, 1.82) is 0 Å². The summed E-state index contributed by atoms with van der Waals surface area (Å²) >= 11 is 5.91. The Morgan fingerprint density at radius 3 is 2.68 bits per heavy atom. The van der Waals surface area contributed by atoms with Gasteiger partial charge < -0.3 is 14.5 Å².